The van der Waals surface area contributed by atoms with E-state index >= 15 is 0 Å². The molecule has 0 aromatic heterocycles. The summed E-state index contributed by atoms with van der Waals surface area (Å²) in [6, 6.07) is 5.04. The van der Waals surface area contributed by atoms with Crippen LogP contribution in [0.2, 0.25) is 0 Å². The smallest absolute Gasteiger partial charge is 0.240 e. The number of nitrogens with zero attached hydrogens (tertiary/aromatic N) is 2. The summed E-state index contributed by atoms with van der Waals surface area (Å²) in [7, 11) is -1.44. The maximum Gasteiger partial charge on any atom is 0.240 e. The van der Waals surface area contributed by atoms with Gasteiger partial charge in [-0.2, -0.15) is 0 Å². The molecular formula is C17H25N3O3S. The Labute approximate surface area is 143 Å². The van der Waals surface area contributed by atoms with Gasteiger partial charge in [0.25, 0.3) is 0 Å². The first kappa shape index (κ1) is 17.4. The van der Waals surface area contributed by atoms with Crippen molar-refractivity contribution in [3.8, 4) is 0 Å². The Hall–Kier alpha value is -1.44. The molecule has 1 saturated heterocycles. The lowest BCUT2D eigenvalue weighted by atomic mass is 9.99. The zero-order valence-electron chi connectivity index (χ0n) is 14.3. The molecular weight excluding hydrogens is 326 g/mol. The predicted molar refractivity (Wildman–Crippen MR) is 93.6 cm³/mol. The Morgan fingerprint density at radius 1 is 1.33 bits per heavy atom. The number of likely N-dealkylation sites (tertiary alicyclic amines) is 1. The minimum absolute atomic E-state index is 0.0103. The molecule has 1 atom stereocenters. The van der Waals surface area contributed by atoms with Crippen LogP contribution in [0.15, 0.2) is 23.1 Å². The highest BCUT2D eigenvalue weighted by atomic mass is 32.2. The van der Waals surface area contributed by atoms with Gasteiger partial charge in [0.15, 0.2) is 0 Å². The average Bonchev–Trinajstić information content (AvgIpc) is 2.96. The van der Waals surface area contributed by atoms with Crippen LogP contribution in [0.4, 0.5) is 5.69 Å². The van der Waals surface area contributed by atoms with E-state index in [0.29, 0.717) is 25.4 Å². The largest absolute Gasteiger partial charge is 0.312 e. The van der Waals surface area contributed by atoms with Gasteiger partial charge < -0.3 is 9.80 Å². The molecule has 1 fully saturated rings. The number of rotatable bonds is 4. The number of benzene rings is 1. The minimum atomic E-state index is -3.51. The summed E-state index contributed by atoms with van der Waals surface area (Å²) in [5, 5.41) is 0. The van der Waals surface area contributed by atoms with Crippen molar-refractivity contribution >= 4 is 21.6 Å². The highest BCUT2D eigenvalue weighted by Gasteiger charge is 2.25. The third kappa shape index (κ3) is 3.63. The number of fused-ring (bicyclic) bond motifs is 1. The number of sulfonamides is 1. The van der Waals surface area contributed by atoms with Gasteiger partial charge in [-0.25, -0.2) is 13.1 Å². The van der Waals surface area contributed by atoms with Crippen LogP contribution < -0.4 is 9.62 Å². The molecule has 0 saturated carbocycles. The topological polar surface area (TPSA) is 69.7 Å². The quantitative estimate of drug-likeness (QED) is 0.885. The van der Waals surface area contributed by atoms with Gasteiger partial charge in [-0.05, 0) is 62.5 Å². The number of hydrogen-bond acceptors (Lipinski definition) is 4. The maximum atomic E-state index is 12.6. The standard InChI is InChI=1S/C17H25N3O3S/c1-13(21)20-9-7-15-10-16(5-6-17(15)20)24(22,23)18-11-14-4-3-8-19(2)12-14/h5-6,10,14,18H,3-4,7-9,11-12H2,1-2H3. The second kappa shape index (κ2) is 6.82. The molecule has 2 aliphatic heterocycles. The van der Waals surface area contributed by atoms with E-state index in [1.54, 1.807) is 23.1 Å². The van der Waals surface area contributed by atoms with E-state index in [9.17, 15) is 13.2 Å². The van der Waals surface area contributed by atoms with Crippen LogP contribution in [0.25, 0.3) is 0 Å². The fraction of sp³-hybridized carbons (Fsp3) is 0.588. The molecule has 3 rings (SSSR count). The molecule has 0 radical (unpaired) electrons. The molecule has 24 heavy (non-hydrogen) atoms. The number of amides is 1. The Bertz CT molecular complexity index is 733. The zero-order valence-corrected chi connectivity index (χ0v) is 15.1. The molecule has 1 amide bonds. The van der Waals surface area contributed by atoms with Crippen molar-refractivity contribution in [2.45, 2.75) is 31.1 Å². The summed E-state index contributed by atoms with van der Waals surface area (Å²) in [6.07, 6.45) is 2.87. The van der Waals surface area contributed by atoms with Crippen molar-refractivity contribution in [1.82, 2.24) is 9.62 Å². The molecule has 132 valence electrons. The molecule has 2 heterocycles. The number of piperidine rings is 1. The minimum Gasteiger partial charge on any atom is -0.312 e. The van der Waals surface area contributed by atoms with Crippen LogP contribution in [-0.2, 0) is 21.2 Å². The third-order valence-corrected chi connectivity index (χ3v) is 6.34. The van der Waals surface area contributed by atoms with Crippen LogP contribution in [-0.4, -0.2) is 52.5 Å². The van der Waals surface area contributed by atoms with Gasteiger partial charge in [-0.1, -0.05) is 0 Å². The number of hydrogen-bond donors (Lipinski definition) is 1. The van der Waals surface area contributed by atoms with Gasteiger partial charge in [0.1, 0.15) is 0 Å². The van der Waals surface area contributed by atoms with Crippen LogP contribution in [0.1, 0.15) is 25.3 Å². The summed E-state index contributed by atoms with van der Waals surface area (Å²) in [6.45, 7) is 4.64. The second-order valence-corrected chi connectivity index (χ2v) is 8.60. The first-order valence-corrected chi connectivity index (χ1v) is 9.94. The molecule has 1 aromatic rings. The van der Waals surface area contributed by atoms with Crippen LogP contribution >= 0.6 is 0 Å². The van der Waals surface area contributed by atoms with E-state index in [1.807, 2.05) is 0 Å². The lowest BCUT2D eigenvalue weighted by molar-refractivity contribution is -0.116. The van der Waals surface area contributed by atoms with Crippen LogP contribution in [0.5, 0.6) is 0 Å². The molecule has 7 heteroatoms. The maximum absolute atomic E-state index is 12.6. The molecule has 0 aliphatic carbocycles. The second-order valence-electron chi connectivity index (χ2n) is 6.83. The molecule has 1 unspecified atom stereocenters. The van der Waals surface area contributed by atoms with E-state index in [2.05, 4.69) is 16.7 Å². The first-order valence-electron chi connectivity index (χ1n) is 8.46. The Balaban J connectivity index is 1.70. The number of carbonyl (C=O) groups excluding carboxylic acids is 1. The molecule has 6 nitrogen and oxygen atoms in total. The SMILES string of the molecule is CC(=O)N1CCc2cc(S(=O)(=O)NCC3CCCN(C)C3)ccc21. The number of carbonyl (C=O) groups is 1. The fourth-order valence-electron chi connectivity index (χ4n) is 3.62. The number of anilines is 1. The zero-order chi connectivity index (χ0) is 17.3. The average molecular weight is 351 g/mol. The van der Waals surface area contributed by atoms with Crippen LogP contribution in [0.3, 0.4) is 0 Å². The molecule has 0 spiro atoms. The van der Waals surface area contributed by atoms with Crippen molar-refractivity contribution in [3.05, 3.63) is 23.8 Å². The summed E-state index contributed by atoms with van der Waals surface area (Å²) >= 11 is 0. The van der Waals surface area contributed by atoms with Crippen molar-refractivity contribution in [2.24, 2.45) is 5.92 Å². The van der Waals surface area contributed by atoms with Gasteiger partial charge in [0.2, 0.25) is 15.9 Å². The highest BCUT2D eigenvalue weighted by molar-refractivity contribution is 7.89. The van der Waals surface area contributed by atoms with Gasteiger partial charge in [-0.3, -0.25) is 4.79 Å². The molecule has 2 aliphatic rings. The third-order valence-electron chi connectivity index (χ3n) is 4.92. The van der Waals surface area contributed by atoms with Gasteiger partial charge >= 0.3 is 0 Å². The Morgan fingerprint density at radius 2 is 2.12 bits per heavy atom. The van der Waals surface area contributed by atoms with E-state index in [0.717, 1.165) is 37.2 Å². The summed E-state index contributed by atoms with van der Waals surface area (Å²) in [4.78, 5) is 15.8. The number of nitrogens with one attached hydrogen (secondary N) is 1. The van der Waals surface area contributed by atoms with Gasteiger partial charge in [-0.15, -0.1) is 0 Å². The van der Waals surface area contributed by atoms with Crippen molar-refractivity contribution < 1.29 is 13.2 Å². The lowest BCUT2D eigenvalue weighted by Crippen LogP contribution is -2.39. The summed E-state index contributed by atoms with van der Waals surface area (Å²) in [5.74, 6) is 0.352. The first-order chi connectivity index (χ1) is 11.4. The van der Waals surface area contributed by atoms with Crippen molar-refractivity contribution in [2.75, 3.05) is 38.1 Å². The van der Waals surface area contributed by atoms with Crippen molar-refractivity contribution in [3.63, 3.8) is 0 Å². The van der Waals surface area contributed by atoms with Gasteiger partial charge in [0.05, 0.1) is 4.90 Å². The fourth-order valence-corrected chi connectivity index (χ4v) is 4.79. The molecule has 1 aromatic carbocycles. The van der Waals surface area contributed by atoms with Gasteiger partial charge in [0, 0.05) is 32.2 Å². The monoisotopic (exact) mass is 351 g/mol. The van der Waals surface area contributed by atoms with E-state index in [4.69, 9.17) is 0 Å². The Morgan fingerprint density at radius 3 is 2.83 bits per heavy atom. The Kier molecular flexibility index (Phi) is 4.94. The highest BCUT2D eigenvalue weighted by Crippen LogP contribution is 2.30. The molecule has 0 bridgehead atoms. The lowest BCUT2D eigenvalue weighted by Gasteiger charge is -2.29. The molecule has 1 N–H and O–H groups in total. The predicted octanol–water partition coefficient (Wildman–Crippen LogP) is 1.22. The summed E-state index contributed by atoms with van der Waals surface area (Å²) < 4.78 is 27.9. The van der Waals surface area contributed by atoms with Crippen LogP contribution in [0, 0.1) is 5.92 Å². The van der Waals surface area contributed by atoms with Crippen molar-refractivity contribution in [1.29, 1.82) is 0 Å². The van der Waals surface area contributed by atoms with E-state index < -0.39 is 10.0 Å². The van der Waals surface area contributed by atoms with E-state index in [-0.39, 0.29) is 10.8 Å². The normalized spacial score (nSPS) is 21.8. The summed E-state index contributed by atoms with van der Waals surface area (Å²) in [5.41, 5.74) is 1.75. The van der Waals surface area contributed by atoms with E-state index in [1.165, 1.54) is 6.92 Å².